The molecule has 0 aliphatic carbocycles. The number of hydrogen-bond donors (Lipinski definition) is 2. The number of methoxy groups -OCH3 is 1. The number of carbonyl (C=O) groups excluding carboxylic acids is 2. The quantitative estimate of drug-likeness (QED) is 0.394. The number of nitrogens with zero attached hydrogens (tertiary/aromatic N) is 2. The van der Waals surface area contributed by atoms with Crippen molar-refractivity contribution in [2.75, 3.05) is 12.0 Å². The van der Waals surface area contributed by atoms with Crippen LogP contribution in [0, 0.1) is 0 Å². The Morgan fingerprint density at radius 3 is 2.37 bits per heavy atom. The van der Waals surface area contributed by atoms with E-state index in [0.29, 0.717) is 16.9 Å². The molecule has 7 heteroatoms. The summed E-state index contributed by atoms with van der Waals surface area (Å²) in [6.07, 6.45) is 2.96. The van der Waals surface area contributed by atoms with Crippen LogP contribution in [-0.2, 0) is 9.59 Å². The van der Waals surface area contributed by atoms with E-state index in [-0.39, 0.29) is 22.8 Å². The number of aromatic hydroxyl groups is 1. The number of amides is 1. The normalized spacial score (nSPS) is 17.9. The van der Waals surface area contributed by atoms with Crippen molar-refractivity contribution >= 4 is 23.1 Å². The first kappa shape index (κ1) is 19.2. The van der Waals surface area contributed by atoms with E-state index >= 15 is 0 Å². The molecule has 3 aromatic rings. The molecule has 2 heterocycles. The number of anilines is 1. The number of carbonyl (C=O) groups is 2. The van der Waals surface area contributed by atoms with Gasteiger partial charge in [-0.1, -0.05) is 30.3 Å². The molecule has 150 valence electrons. The van der Waals surface area contributed by atoms with Crippen LogP contribution in [0.4, 0.5) is 5.69 Å². The van der Waals surface area contributed by atoms with E-state index in [1.54, 1.807) is 48.5 Å². The number of aliphatic hydroxyl groups excluding tert-OH is 1. The average Bonchev–Trinajstić information content (AvgIpc) is 3.04. The minimum atomic E-state index is -0.998. The van der Waals surface area contributed by atoms with E-state index in [0.717, 1.165) is 0 Å². The highest BCUT2D eigenvalue weighted by Gasteiger charge is 2.48. The fraction of sp³-hybridized carbons (Fsp3) is 0.0870. The molecule has 1 aliphatic heterocycles. The molecule has 2 aromatic carbocycles. The summed E-state index contributed by atoms with van der Waals surface area (Å²) in [5.74, 6) is -1.77. The molecule has 1 aromatic heterocycles. The van der Waals surface area contributed by atoms with Gasteiger partial charge in [-0.25, -0.2) is 0 Å². The molecule has 30 heavy (non-hydrogen) atoms. The van der Waals surface area contributed by atoms with Crippen molar-refractivity contribution in [3.05, 3.63) is 89.8 Å². The maximum Gasteiger partial charge on any atom is 0.300 e. The molecular weight excluding hydrogens is 384 g/mol. The Morgan fingerprint density at radius 2 is 1.67 bits per heavy atom. The van der Waals surface area contributed by atoms with E-state index < -0.39 is 17.7 Å². The summed E-state index contributed by atoms with van der Waals surface area (Å²) >= 11 is 0. The zero-order valence-electron chi connectivity index (χ0n) is 16.0. The van der Waals surface area contributed by atoms with Gasteiger partial charge in [0.25, 0.3) is 11.7 Å². The number of phenols is 1. The molecule has 1 aliphatic rings. The fourth-order valence-corrected chi connectivity index (χ4v) is 3.60. The van der Waals surface area contributed by atoms with Crippen molar-refractivity contribution in [2.45, 2.75) is 6.04 Å². The van der Waals surface area contributed by atoms with Gasteiger partial charge in [0.1, 0.15) is 17.3 Å². The lowest BCUT2D eigenvalue weighted by Crippen LogP contribution is -2.29. The number of aromatic nitrogens is 1. The van der Waals surface area contributed by atoms with Crippen molar-refractivity contribution in [3.8, 4) is 11.5 Å². The zero-order chi connectivity index (χ0) is 21.3. The number of aliphatic hydroxyl groups is 1. The molecule has 1 amide bonds. The third-order valence-electron chi connectivity index (χ3n) is 4.97. The second kappa shape index (κ2) is 7.71. The first-order valence-electron chi connectivity index (χ1n) is 9.17. The van der Waals surface area contributed by atoms with E-state index in [2.05, 4.69) is 4.98 Å². The van der Waals surface area contributed by atoms with Crippen LogP contribution < -0.4 is 9.64 Å². The van der Waals surface area contributed by atoms with Gasteiger partial charge in [0.15, 0.2) is 0 Å². The number of para-hydroxylation sites is 3. The van der Waals surface area contributed by atoms with E-state index in [1.165, 1.54) is 36.5 Å². The minimum Gasteiger partial charge on any atom is -0.507 e. The molecule has 0 bridgehead atoms. The predicted octanol–water partition coefficient (Wildman–Crippen LogP) is 3.42. The van der Waals surface area contributed by atoms with E-state index in [9.17, 15) is 19.8 Å². The summed E-state index contributed by atoms with van der Waals surface area (Å²) in [4.78, 5) is 31.2. The Labute approximate surface area is 172 Å². The van der Waals surface area contributed by atoms with Crippen molar-refractivity contribution in [2.24, 2.45) is 0 Å². The summed E-state index contributed by atoms with van der Waals surface area (Å²) in [5.41, 5.74) is 0.904. The van der Waals surface area contributed by atoms with Gasteiger partial charge < -0.3 is 14.9 Å². The van der Waals surface area contributed by atoms with E-state index in [1.807, 2.05) is 0 Å². The highest BCUT2D eigenvalue weighted by Crippen LogP contribution is 2.46. The van der Waals surface area contributed by atoms with Gasteiger partial charge in [0.2, 0.25) is 0 Å². The topological polar surface area (TPSA) is 100.0 Å². The molecule has 2 N–H and O–H groups in total. The third kappa shape index (κ3) is 3.06. The standard InChI is InChI=1S/C23H18N2O5/c1-30-18-9-5-2-6-15(18)20-19(21(27)14-10-12-24-13-11-14)22(28)23(29)25(20)16-7-3-4-8-17(16)26/h2-13,20,26-27H,1H3/b21-19+. The van der Waals surface area contributed by atoms with Crippen LogP contribution in [0.25, 0.3) is 5.76 Å². The van der Waals surface area contributed by atoms with Crippen molar-refractivity contribution in [3.63, 3.8) is 0 Å². The van der Waals surface area contributed by atoms with Crippen LogP contribution in [0.2, 0.25) is 0 Å². The van der Waals surface area contributed by atoms with Gasteiger partial charge in [-0.2, -0.15) is 0 Å². The van der Waals surface area contributed by atoms with Crippen LogP contribution >= 0.6 is 0 Å². The Morgan fingerprint density at radius 1 is 1.00 bits per heavy atom. The number of hydrogen-bond acceptors (Lipinski definition) is 6. The summed E-state index contributed by atoms with van der Waals surface area (Å²) in [5, 5.41) is 21.4. The van der Waals surface area contributed by atoms with Crippen LogP contribution in [0.5, 0.6) is 11.5 Å². The Hall–Kier alpha value is -4.13. The lowest BCUT2D eigenvalue weighted by Gasteiger charge is -2.27. The number of pyridine rings is 1. The Kier molecular flexibility index (Phi) is 4.93. The number of rotatable bonds is 4. The van der Waals surface area contributed by atoms with Gasteiger partial charge in [-0.15, -0.1) is 0 Å². The molecule has 0 spiro atoms. The van der Waals surface area contributed by atoms with E-state index in [4.69, 9.17) is 4.74 Å². The average molecular weight is 402 g/mol. The molecule has 4 rings (SSSR count). The maximum atomic E-state index is 13.1. The number of ketones is 1. The summed E-state index contributed by atoms with van der Waals surface area (Å²) < 4.78 is 5.45. The van der Waals surface area contributed by atoms with Crippen LogP contribution in [0.15, 0.2) is 78.6 Å². The molecule has 1 atom stereocenters. The first-order valence-corrected chi connectivity index (χ1v) is 9.17. The lowest BCUT2D eigenvalue weighted by molar-refractivity contribution is -0.132. The van der Waals surface area contributed by atoms with Gasteiger partial charge >= 0.3 is 0 Å². The van der Waals surface area contributed by atoms with Crippen LogP contribution in [-0.4, -0.2) is 34.0 Å². The number of benzene rings is 2. The smallest absolute Gasteiger partial charge is 0.300 e. The van der Waals surface area contributed by atoms with Crippen LogP contribution in [0.1, 0.15) is 17.2 Å². The number of phenolic OH excluding ortho intramolecular Hbond substituents is 1. The molecule has 1 saturated heterocycles. The maximum absolute atomic E-state index is 13.1. The number of Topliss-reactive ketones (excluding diaryl/α,β-unsaturated/α-hetero) is 1. The molecule has 1 fully saturated rings. The highest BCUT2D eigenvalue weighted by molar-refractivity contribution is 6.52. The van der Waals surface area contributed by atoms with Crippen molar-refractivity contribution in [1.82, 2.24) is 4.98 Å². The molecule has 0 saturated carbocycles. The summed E-state index contributed by atoms with van der Waals surface area (Å²) in [6, 6.07) is 15.2. The van der Waals surface area contributed by atoms with Gasteiger partial charge in [-0.3, -0.25) is 19.5 Å². The Balaban J connectivity index is 2.01. The highest BCUT2D eigenvalue weighted by atomic mass is 16.5. The van der Waals surface area contributed by atoms with Gasteiger partial charge in [0, 0.05) is 23.5 Å². The monoisotopic (exact) mass is 402 g/mol. The lowest BCUT2D eigenvalue weighted by atomic mass is 9.94. The largest absolute Gasteiger partial charge is 0.507 e. The molecule has 0 radical (unpaired) electrons. The van der Waals surface area contributed by atoms with Gasteiger partial charge in [0.05, 0.1) is 24.4 Å². The minimum absolute atomic E-state index is 0.0982. The molecule has 1 unspecified atom stereocenters. The summed E-state index contributed by atoms with van der Waals surface area (Å²) in [6.45, 7) is 0. The second-order valence-corrected chi connectivity index (χ2v) is 6.64. The molecular formula is C23H18N2O5. The van der Waals surface area contributed by atoms with Gasteiger partial charge in [-0.05, 0) is 30.3 Å². The predicted molar refractivity (Wildman–Crippen MR) is 110 cm³/mol. The third-order valence-corrected chi connectivity index (χ3v) is 4.97. The second-order valence-electron chi connectivity index (χ2n) is 6.64. The first-order chi connectivity index (χ1) is 14.5. The van der Waals surface area contributed by atoms with Crippen molar-refractivity contribution in [1.29, 1.82) is 0 Å². The SMILES string of the molecule is COc1ccccc1C1/C(=C(\O)c2ccncc2)C(=O)C(=O)N1c1ccccc1O. The summed E-state index contributed by atoms with van der Waals surface area (Å²) in [7, 11) is 1.48. The number of ether oxygens (including phenoxy) is 1. The molecule has 7 nitrogen and oxygen atoms in total. The zero-order valence-corrected chi connectivity index (χ0v) is 16.0. The Bertz CT molecular complexity index is 1160. The fourth-order valence-electron chi connectivity index (χ4n) is 3.60. The van der Waals surface area contributed by atoms with Crippen molar-refractivity contribution < 1.29 is 24.5 Å². The van der Waals surface area contributed by atoms with Crippen LogP contribution in [0.3, 0.4) is 0 Å².